The maximum atomic E-state index is 14.4. The van der Waals surface area contributed by atoms with Crippen molar-refractivity contribution in [3.05, 3.63) is 99.7 Å². The lowest BCUT2D eigenvalue weighted by molar-refractivity contribution is -0.155. The molecule has 1 aliphatic rings. The molecule has 0 unspecified atom stereocenters. The predicted molar refractivity (Wildman–Crippen MR) is 148 cm³/mol. The summed E-state index contributed by atoms with van der Waals surface area (Å²) in [5, 5.41) is 0.913. The van der Waals surface area contributed by atoms with Gasteiger partial charge in [-0.25, -0.2) is 8.42 Å². The van der Waals surface area contributed by atoms with Gasteiger partial charge < -0.3 is 9.72 Å². The fraction of sp³-hybridized carbons (Fsp3) is 0.276. The summed E-state index contributed by atoms with van der Waals surface area (Å²) in [5.41, 5.74) is 3.67. The highest BCUT2D eigenvalue weighted by molar-refractivity contribution is 9.10. The van der Waals surface area contributed by atoms with Gasteiger partial charge in [0.15, 0.2) is 0 Å². The van der Waals surface area contributed by atoms with Crippen LogP contribution in [0.3, 0.4) is 0 Å². The number of esters is 1. The van der Waals surface area contributed by atoms with Gasteiger partial charge in [-0.1, -0.05) is 57.9 Å². The van der Waals surface area contributed by atoms with E-state index in [0.717, 1.165) is 37.6 Å². The maximum Gasteiger partial charge on any atom is 0.308 e. The number of hydrogen-bond acceptors (Lipinski definition) is 4. The average molecular weight is 582 g/mol. The van der Waals surface area contributed by atoms with Crippen molar-refractivity contribution < 1.29 is 17.9 Å². The molecule has 8 heteroatoms. The number of nitrogens with zero attached hydrogens (tertiary/aromatic N) is 1. The van der Waals surface area contributed by atoms with E-state index in [0.29, 0.717) is 0 Å². The van der Waals surface area contributed by atoms with Gasteiger partial charge in [0.2, 0.25) is 10.0 Å². The van der Waals surface area contributed by atoms with Crippen LogP contribution in [0.5, 0.6) is 0 Å². The molecular weight excluding hydrogens is 552 g/mol. The third-order valence-electron chi connectivity index (χ3n) is 6.56. The quantitative estimate of drug-likeness (QED) is 0.263. The summed E-state index contributed by atoms with van der Waals surface area (Å²) in [7, 11) is -4.02. The van der Waals surface area contributed by atoms with Crippen LogP contribution in [0.1, 0.15) is 61.5 Å². The molecule has 1 aliphatic heterocycles. The molecule has 0 fully saturated rings. The Balaban J connectivity index is 1.72. The molecule has 5 rings (SSSR count). The summed E-state index contributed by atoms with van der Waals surface area (Å²) in [6, 6.07) is 19.0. The van der Waals surface area contributed by atoms with Crippen LogP contribution in [0.25, 0.3) is 10.9 Å². The normalized spacial score (nSPS) is 18.2. The number of hydrogen-bond donors (Lipinski definition) is 1. The van der Waals surface area contributed by atoms with Gasteiger partial charge in [-0.05, 0) is 69.2 Å². The van der Waals surface area contributed by atoms with Crippen molar-refractivity contribution in [1.29, 1.82) is 0 Å². The molecule has 0 amide bonds. The summed E-state index contributed by atoms with van der Waals surface area (Å²) >= 11 is 3.56. The Bertz CT molecular complexity index is 1590. The lowest BCUT2D eigenvalue weighted by Crippen LogP contribution is -2.35. The number of aryl methyl sites for hydroxylation is 1. The van der Waals surface area contributed by atoms with E-state index in [-0.39, 0.29) is 11.3 Å². The summed E-state index contributed by atoms with van der Waals surface area (Å²) in [6.07, 6.45) is 1.77. The Morgan fingerprint density at radius 3 is 2.35 bits per heavy atom. The monoisotopic (exact) mass is 580 g/mol. The summed E-state index contributed by atoms with van der Waals surface area (Å²) in [5.74, 6) is -0.446. The van der Waals surface area contributed by atoms with Gasteiger partial charge >= 0.3 is 5.97 Å². The second kappa shape index (κ2) is 9.42. The van der Waals surface area contributed by atoms with Crippen molar-refractivity contribution in [2.24, 2.45) is 0 Å². The Hall–Kier alpha value is -2.94. The van der Waals surface area contributed by atoms with Crippen molar-refractivity contribution >= 4 is 42.8 Å². The third-order valence-corrected chi connectivity index (χ3v) is 8.94. The van der Waals surface area contributed by atoms with Crippen molar-refractivity contribution in [3.63, 3.8) is 0 Å². The van der Waals surface area contributed by atoms with Crippen molar-refractivity contribution in [2.45, 2.75) is 56.7 Å². The molecule has 1 N–H and O–H groups in total. The van der Waals surface area contributed by atoms with E-state index < -0.39 is 33.7 Å². The zero-order valence-corrected chi connectivity index (χ0v) is 23.6. The van der Waals surface area contributed by atoms with Crippen LogP contribution in [-0.4, -0.2) is 29.3 Å². The van der Waals surface area contributed by atoms with Crippen LogP contribution in [0, 0.1) is 6.92 Å². The number of carbonyl (C=O) groups is 1. The third kappa shape index (κ3) is 4.85. The first-order chi connectivity index (χ1) is 17.5. The van der Waals surface area contributed by atoms with Gasteiger partial charge in [-0.2, -0.15) is 4.31 Å². The van der Waals surface area contributed by atoms with Crippen LogP contribution in [0.4, 0.5) is 0 Å². The Morgan fingerprint density at radius 1 is 1.00 bits per heavy atom. The van der Waals surface area contributed by atoms with Crippen LogP contribution in [-0.2, 0) is 19.6 Å². The molecule has 0 spiro atoms. The number of fused-ring (bicyclic) bond motifs is 2. The van der Waals surface area contributed by atoms with E-state index >= 15 is 0 Å². The summed E-state index contributed by atoms with van der Waals surface area (Å²) in [4.78, 5) is 16.6. The number of carbonyl (C=O) groups excluding carboxylic acids is 1. The molecule has 0 saturated heterocycles. The number of aromatic amines is 1. The number of halogens is 1. The highest BCUT2D eigenvalue weighted by Gasteiger charge is 2.48. The minimum absolute atomic E-state index is 0.0953. The Morgan fingerprint density at radius 2 is 1.68 bits per heavy atom. The van der Waals surface area contributed by atoms with Crippen molar-refractivity contribution in [1.82, 2.24) is 9.29 Å². The van der Waals surface area contributed by atoms with E-state index in [1.807, 2.05) is 55.6 Å². The standard InChI is InChI=1S/C29H29BrN2O4S/c1-18-9-12-20(13-10-18)37(34,35)32-26(16-27(33)36-29(2,3)4)21-7-5-6-8-22(21)28(32)24-17-31-25-14-11-19(30)15-23(24)25/h5-15,17,26,28,31H,16H2,1-4H3/t26-,28-/m0/s1. The zero-order valence-electron chi connectivity index (χ0n) is 21.2. The SMILES string of the molecule is Cc1ccc(S(=O)(=O)N2[C@H](c3c[nH]c4ccc(Br)cc34)c3ccccc3[C@@H]2CC(=O)OC(C)(C)C)cc1. The van der Waals surface area contributed by atoms with Crippen LogP contribution in [0.2, 0.25) is 0 Å². The minimum atomic E-state index is -4.02. The molecule has 3 aromatic carbocycles. The van der Waals surface area contributed by atoms with Gasteiger partial charge in [0.25, 0.3) is 0 Å². The number of aromatic nitrogens is 1. The smallest absolute Gasteiger partial charge is 0.308 e. The Labute approximate surface area is 225 Å². The molecule has 2 heterocycles. The largest absolute Gasteiger partial charge is 0.460 e. The molecule has 0 bridgehead atoms. The lowest BCUT2D eigenvalue weighted by Gasteiger charge is -2.30. The first-order valence-corrected chi connectivity index (χ1v) is 14.4. The van der Waals surface area contributed by atoms with E-state index in [2.05, 4.69) is 20.9 Å². The van der Waals surface area contributed by atoms with Crippen LogP contribution < -0.4 is 0 Å². The number of rotatable bonds is 5. The Kier molecular flexibility index (Phi) is 6.54. The van der Waals surface area contributed by atoms with Gasteiger partial charge in [0.1, 0.15) is 5.60 Å². The summed E-state index contributed by atoms with van der Waals surface area (Å²) in [6.45, 7) is 7.34. The predicted octanol–water partition coefficient (Wildman–Crippen LogP) is 6.81. The van der Waals surface area contributed by atoms with Crippen molar-refractivity contribution in [3.8, 4) is 0 Å². The van der Waals surface area contributed by atoms with Gasteiger partial charge in [0.05, 0.1) is 23.4 Å². The second-order valence-electron chi connectivity index (χ2n) is 10.4. The number of nitrogens with one attached hydrogen (secondary N) is 1. The molecular formula is C29H29BrN2O4S. The number of sulfonamides is 1. The fourth-order valence-electron chi connectivity index (χ4n) is 5.04. The summed E-state index contributed by atoms with van der Waals surface area (Å²) < 4.78 is 36.7. The van der Waals surface area contributed by atoms with Gasteiger partial charge in [-0.3, -0.25) is 4.79 Å². The van der Waals surface area contributed by atoms with E-state index in [1.165, 1.54) is 4.31 Å². The molecule has 2 atom stereocenters. The van der Waals surface area contributed by atoms with Crippen LogP contribution >= 0.6 is 15.9 Å². The van der Waals surface area contributed by atoms with Crippen molar-refractivity contribution in [2.75, 3.05) is 0 Å². The van der Waals surface area contributed by atoms with Gasteiger partial charge in [0, 0.05) is 27.1 Å². The molecule has 1 aromatic heterocycles. The number of H-pyrrole nitrogens is 1. The molecule has 4 aromatic rings. The van der Waals surface area contributed by atoms with E-state index in [4.69, 9.17) is 4.74 Å². The van der Waals surface area contributed by atoms with Crippen LogP contribution in [0.15, 0.2) is 82.3 Å². The van der Waals surface area contributed by atoms with E-state index in [9.17, 15) is 13.2 Å². The first kappa shape index (κ1) is 25.7. The second-order valence-corrected chi connectivity index (χ2v) is 13.2. The molecule has 37 heavy (non-hydrogen) atoms. The fourth-order valence-corrected chi connectivity index (χ4v) is 7.15. The first-order valence-electron chi connectivity index (χ1n) is 12.1. The maximum absolute atomic E-state index is 14.4. The number of benzene rings is 3. The molecule has 192 valence electrons. The van der Waals surface area contributed by atoms with Gasteiger partial charge in [-0.15, -0.1) is 0 Å². The minimum Gasteiger partial charge on any atom is -0.460 e. The number of ether oxygens (including phenoxy) is 1. The molecule has 0 aliphatic carbocycles. The highest BCUT2D eigenvalue weighted by Crippen LogP contribution is 2.51. The zero-order chi connectivity index (χ0) is 26.5. The molecule has 0 radical (unpaired) electrons. The van der Waals surface area contributed by atoms with E-state index in [1.54, 1.807) is 45.0 Å². The molecule has 6 nitrogen and oxygen atoms in total. The average Bonchev–Trinajstić information content (AvgIpc) is 3.37. The highest BCUT2D eigenvalue weighted by atomic mass is 79.9. The molecule has 0 saturated carbocycles. The lowest BCUT2D eigenvalue weighted by atomic mass is 9.96. The topological polar surface area (TPSA) is 79.5 Å².